The molecule has 116 valence electrons. The molecule has 0 radical (unpaired) electrons. The Labute approximate surface area is 137 Å². The minimum Gasteiger partial charge on any atom is -0.420 e. The maximum absolute atomic E-state index is 14.0. The first-order valence-electron chi connectivity index (χ1n) is 6.62. The molecule has 23 heavy (non-hydrogen) atoms. The van der Waals surface area contributed by atoms with E-state index in [-0.39, 0.29) is 10.9 Å². The highest BCUT2D eigenvalue weighted by molar-refractivity contribution is 8.14. The molecule has 2 aromatic carbocycles. The predicted molar refractivity (Wildman–Crippen MR) is 88.7 cm³/mol. The second kappa shape index (κ2) is 7.56. The summed E-state index contributed by atoms with van der Waals surface area (Å²) in [6.45, 7) is 6.67. The van der Waals surface area contributed by atoms with Crippen LogP contribution < -0.4 is 4.74 Å². The molecule has 2 rings (SSSR count). The molecule has 0 bridgehead atoms. The smallest absolute Gasteiger partial charge is 0.335 e. The van der Waals surface area contributed by atoms with Crippen LogP contribution in [0.15, 0.2) is 72.7 Å². The van der Waals surface area contributed by atoms with Crippen LogP contribution in [0.25, 0.3) is 11.1 Å². The van der Waals surface area contributed by atoms with Crippen molar-refractivity contribution in [2.24, 2.45) is 0 Å². The molecule has 0 unspecified atom stereocenters. The monoisotopic (exact) mass is 328 g/mol. The molecular formula is C18H13FO3S. The number of carbonyl (C=O) groups excluding carboxylic acids is 2. The molecule has 0 spiro atoms. The zero-order valence-electron chi connectivity index (χ0n) is 12.1. The summed E-state index contributed by atoms with van der Waals surface area (Å²) < 4.78 is 18.7. The van der Waals surface area contributed by atoms with E-state index in [1.807, 2.05) is 0 Å². The molecule has 0 saturated heterocycles. The Balaban J connectivity index is 2.20. The van der Waals surface area contributed by atoms with E-state index < -0.39 is 11.8 Å². The summed E-state index contributed by atoms with van der Waals surface area (Å²) in [7, 11) is 0. The number of carbonyl (C=O) groups is 2. The van der Waals surface area contributed by atoms with Crippen molar-refractivity contribution in [1.29, 1.82) is 0 Å². The van der Waals surface area contributed by atoms with Crippen molar-refractivity contribution in [3.8, 4) is 16.9 Å². The van der Waals surface area contributed by atoms with Crippen molar-refractivity contribution < 1.29 is 18.7 Å². The molecule has 0 fully saturated rings. The number of rotatable bonds is 5. The van der Waals surface area contributed by atoms with Gasteiger partial charge in [-0.2, -0.15) is 0 Å². The predicted octanol–water partition coefficient (Wildman–Crippen LogP) is 4.39. The number of benzene rings is 2. The van der Waals surface area contributed by atoms with Crippen molar-refractivity contribution in [3.63, 3.8) is 0 Å². The topological polar surface area (TPSA) is 43.4 Å². The Morgan fingerprint density at radius 3 is 2.22 bits per heavy atom. The van der Waals surface area contributed by atoms with Gasteiger partial charge in [-0.25, -0.2) is 9.18 Å². The second-order valence-electron chi connectivity index (χ2n) is 4.42. The summed E-state index contributed by atoms with van der Waals surface area (Å²) in [4.78, 5) is 23.1. The number of thioether (sulfide) groups is 1. The fourth-order valence-electron chi connectivity index (χ4n) is 1.79. The molecule has 0 aliphatic carbocycles. The summed E-state index contributed by atoms with van der Waals surface area (Å²) in [5.41, 5.74) is 1.41. The third-order valence-electron chi connectivity index (χ3n) is 2.88. The van der Waals surface area contributed by atoms with Gasteiger partial charge in [0.25, 0.3) is 0 Å². The van der Waals surface area contributed by atoms with Crippen molar-refractivity contribution in [3.05, 3.63) is 73.6 Å². The first-order valence-corrected chi connectivity index (χ1v) is 7.43. The molecule has 0 heterocycles. The lowest BCUT2D eigenvalue weighted by Crippen LogP contribution is -2.04. The van der Waals surface area contributed by atoms with Gasteiger partial charge in [0, 0.05) is 11.0 Å². The molecule has 2 aromatic rings. The minimum absolute atomic E-state index is 0.141. The summed E-state index contributed by atoms with van der Waals surface area (Å²) in [5, 5.41) is -0.141. The van der Waals surface area contributed by atoms with E-state index in [1.54, 1.807) is 30.3 Å². The molecule has 0 N–H and O–H groups in total. The molecule has 0 saturated carbocycles. The number of hydrogen-bond donors (Lipinski definition) is 0. The van der Waals surface area contributed by atoms with Gasteiger partial charge in [-0.3, -0.25) is 4.79 Å². The standard InChI is InChI=1S/C18H13FO3S/c1-3-17(20)22-16-10-7-13(11-15(16)19)12-5-8-14(9-6-12)23-18(21)4-2/h3-11H,1-2H2. The highest BCUT2D eigenvalue weighted by atomic mass is 32.2. The van der Waals surface area contributed by atoms with E-state index in [4.69, 9.17) is 4.74 Å². The van der Waals surface area contributed by atoms with Gasteiger partial charge < -0.3 is 4.74 Å². The van der Waals surface area contributed by atoms with E-state index in [2.05, 4.69) is 13.2 Å². The van der Waals surface area contributed by atoms with Crippen LogP contribution in [0.5, 0.6) is 5.75 Å². The average Bonchev–Trinajstić information content (AvgIpc) is 2.57. The van der Waals surface area contributed by atoms with Gasteiger partial charge in [-0.15, -0.1) is 0 Å². The Morgan fingerprint density at radius 1 is 1.00 bits per heavy atom. The van der Waals surface area contributed by atoms with Gasteiger partial charge in [0.05, 0.1) is 0 Å². The van der Waals surface area contributed by atoms with Crippen LogP contribution in [0.1, 0.15) is 0 Å². The fraction of sp³-hybridized carbons (Fsp3) is 0. The molecule has 3 nitrogen and oxygen atoms in total. The maximum atomic E-state index is 14.0. The van der Waals surface area contributed by atoms with E-state index in [1.165, 1.54) is 18.2 Å². The molecule has 0 amide bonds. The van der Waals surface area contributed by atoms with Crippen molar-refractivity contribution >= 4 is 22.8 Å². The lowest BCUT2D eigenvalue weighted by Gasteiger charge is -2.07. The molecule has 0 aliphatic heterocycles. The first kappa shape index (κ1) is 16.7. The summed E-state index contributed by atoms with van der Waals surface area (Å²) in [6.07, 6.45) is 2.21. The molecule has 0 aromatic heterocycles. The second-order valence-corrected chi connectivity index (χ2v) is 5.50. The lowest BCUT2D eigenvalue weighted by atomic mass is 10.1. The normalized spacial score (nSPS) is 9.96. The Kier molecular flexibility index (Phi) is 5.49. The summed E-state index contributed by atoms with van der Waals surface area (Å²) >= 11 is 1.06. The zero-order valence-corrected chi connectivity index (χ0v) is 12.9. The van der Waals surface area contributed by atoms with E-state index >= 15 is 0 Å². The lowest BCUT2D eigenvalue weighted by molar-refractivity contribution is -0.129. The Hall–Kier alpha value is -2.66. The van der Waals surface area contributed by atoms with Crippen LogP contribution in [-0.4, -0.2) is 11.1 Å². The van der Waals surface area contributed by atoms with E-state index in [0.29, 0.717) is 5.56 Å². The maximum Gasteiger partial charge on any atom is 0.335 e. The molecule has 0 atom stereocenters. The third kappa shape index (κ3) is 4.40. The van der Waals surface area contributed by atoms with Crippen molar-refractivity contribution in [1.82, 2.24) is 0 Å². The van der Waals surface area contributed by atoms with Crippen LogP contribution in [-0.2, 0) is 9.59 Å². The third-order valence-corrected chi connectivity index (χ3v) is 3.76. The number of halogens is 1. The van der Waals surface area contributed by atoms with Gasteiger partial charge >= 0.3 is 5.97 Å². The van der Waals surface area contributed by atoms with Crippen molar-refractivity contribution in [2.75, 3.05) is 0 Å². The highest BCUT2D eigenvalue weighted by Crippen LogP contribution is 2.28. The number of esters is 1. The van der Waals surface area contributed by atoms with Gasteiger partial charge in [0.15, 0.2) is 11.6 Å². The van der Waals surface area contributed by atoms with Crippen LogP contribution in [0.2, 0.25) is 0 Å². The van der Waals surface area contributed by atoms with E-state index in [9.17, 15) is 14.0 Å². The van der Waals surface area contributed by atoms with Crippen molar-refractivity contribution in [2.45, 2.75) is 4.90 Å². The number of ether oxygens (including phenoxy) is 1. The van der Waals surface area contributed by atoms with Gasteiger partial charge in [0.1, 0.15) is 0 Å². The Morgan fingerprint density at radius 2 is 1.65 bits per heavy atom. The van der Waals surface area contributed by atoms with Gasteiger partial charge in [0.2, 0.25) is 5.12 Å². The number of hydrogen-bond acceptors (Lipinski definition) is 4. The SMILES string of the molecule is C=CC(=O)Oc1ccc(-c2ccc(SC(=O)C=C)cc2)cc1F. The van der Waals surface area contributed by atoms with Crippen LogP contribution in [0, 0.1) is 5.82 Å². The van der Waals surface area contributed by atoms with Crippen LogP contribution in [0.4, 0.5) is 4.39 Å². The molecular weight excluding hydrogens is 315 g/mol. The first-order chi connectivity index (χ1) is 11.0. The largest absolute Gasteiger partial charge is 0.420 e. The molecule has 0 aliphatic rings. The highest BCUT2D eigenvalue weighted by Gasteiger charge is 2.09. The fourth-order valence-corrected chi connectivity index (χ4v) is 2.37. The summed E-state index contributed by atoms with van der Waals surface area (Å²) in [6, 6.07) is 11.4. The zero-order chi connectivity index (χ0) is 16.8. The van der Waals surface area contributed by atoms with Gasteiger partial charge in [-0.1, -0.05) is 31.4 Å². The van der Waals surface area contributed by atoms with E-state index in [0.717, 1.165) is 28.3 Å². The molecule has 5 heteroatoms. The van der Waals surface area contributed by atoms with Gasteiger partial charge in [-0.05, 0) is 53.2 Å². The summed E-state index contributed by atoms with van der Waals surface area (Å²) in [5.74, 6) is -1.51. The Bertz CT molecular complexity index is 766. The van der Waals surface area contributed by atoms with Crippen LogP contribution >= 0.6 is 11.8 Å². The average molecular weight is 328 g/mol. The minimum atomic E-state index is -0.718. The van der Waals surface area contributed by atoms with Crippen LogP contribution in [0.3, 0.4) is 0 Å². The quantitative estimate of drug-likeness (QED) is 0.353.